The highest BCUT2D eigenvalue weighted by molar-refractivity contribution is 6.38. The SMILES string of the molecule is COc1cc(OC)c(Cl)c(C2CCc3c(-c4ccc(N(C)CCN(C)C)cc4[N+](=O)[O-])n[nH]c3C2)c1Cl. The fourth-order valence-electron chi connectivity index (χ4n) is 4.83. The highest BCUT2D eigenvalue weighted by Crippen LogP contribution is 2.48. The summed E-state index contributed by atoms with van der Waals surface area (Å²) in [6.07, 6.45) is 2.02. The van der Waals surface area contributed by atoms with Crippen LogP contribution in [-0.2, 0) is 12.8 Å². The molecule has 2 aromatic carbocycles. The molecule has 11 heteroatoms. The molecule has 1 aliphatic rings. The number of likely N-dealkylation sites (N-methyl/N-ethyl adjacent to an activating group) is 2. The van der Waals surface area contributed by atoms with Crippen molar-refractivity contribution >= 4 is 34.6 Å². The summed E-state index contributed by atoms with van der Waals surface area (Å²) in [5, 5.41) is 20.6. The van der Waals surface area contributed by atoms with E-state index >= 15 is 0 Å². The number of nitrogens with one attached hydrogen (secondary N) is 1. The average molecular weight is 548 g/mol. The van der Waals surface area contributed by atoms with Crippen molar-refractivity contribution in [2.45, 2.75) is 25.2 Å². The smallest absolute Gasteiger partial charge is 0.280 e. The molecule has 0 radical (unpaired) electrons. The normalized spacial score (nSPS) is 15.0. The number of anilines is 1. The highest BCUT2D eigenvalue weighted by Gasteiger charge is 2.32. The number of aromatic amines is 1. The first-order valence-electron chi connectivity index (χ1n) is 12.0. The van der Waals surface area contributed by atoms with Crippen molar-refractivity contribution < 1.29 is 14.4 Å². The molecule has 1 unspecified atom stereocenters. The van der Waals surface area contributed by atoms with Gasteiger partial charge >= 0.3 is 0 Å². The number of hydrogen-bond acceptors (Lipinski definition) is 7. The van der Waals surface area contributed by atoms with Crippen LogP contribution < -0.4 is 14.4 Å². The number of nitrogens with zero attached hydrogens (tertiary/aromatic N) is 4. The monoisotopic (exact) mass is 547 g/mol. The summed E-state index contributed by atoms with van der Waals surface area (Å²) in [6.45, 7) is 1.59. The van der Waals surface area contributed by atoms with Crippen LogP contribution in [0.1, 0.15) is 29.2 Å². The highest BCUT2D eigenvalue weighted by atomic mass is 35.5. The lowest BCUT2D eigenvalue weighted by molar-refractivity contribution is -0.384. The van der Waals surface area contributed by atoms with Gasteiger partial charge in [0, 0.05) is 54.8 Å². The van der Waals surface area contributed by atoms with Gasteiger partial charge in [0.2, 0.25) is 0 Å². The van der Waals surface area contributed by atoms with Gasteiger partial charge in [-0.2, -0.15) is 5.10 Å². The summed E-state index contributed by atoms with van der Waals surface area (Å²) >= 11 is 13.3. The van der Waals surface area contributed by atoms with Gasteiger partial charge in [0.05, 0.1) is 34.8 Å². The maximum atomic E-state index is 12.0. The Labute approximate surface area is 226 Å². The van der Waals surface area contributed by atoms with Crippen LogP contribution in [0.2, 0.25) is 10.0 Å². The number of methoxy groups -OCH3 is 2. The third kappa shape index (κ3) is 5.35. The van der Waals surface area contributed by atoms with Crippen molar-refractivity contribution in [1.29, 1.82) is 0 Å². The second-order valence-electron chi connectivity index (χ2n) is 9.48. The van der Waals surface area contributed by atoms with Crippen LogP contribution in [0.25, 0.3) is 11.3 Å². The lowest BCUT2D eigenvalue weighted by Crippen LogP contribution is -2.28. The molecule has 198 valence electrons. The lowest BCUT2D eigenvalue weighted by Gasteiger charge is -2.26. The molecule has 4 rings (SSSR count). The van der Waals surface area contributed by atoms with Gasteiger partial charge in [0.1, 0.15) is 17.2 Å². The number of H-pyrrole nitrogens is 1. The number of aromatic nitrogens is 2. The number of halogens is 2. The van der Waals surface area contributed by atoms with E-state index in [1.807, 2.05) is 32.1 Å². The van der Waals surface area contributed by atoms with Gasteiger partial charge in [-0.3, -0.25) is 15.2 Å². The van der Waals surface area contributed by atoms with Crippen molar-refractivity contribution in [2.24, 2.45) is 0 Å². The van der Waals surface area contributed by atoms with Gasteiger partial charge in [-0.25, -0.2) is 0 Å². The summed E-state index contributed by atoms with van der Waals surface area (Å²) in [7, 11) is 9.03. The molecule has 0 fully saturated rings. The quantitative estimate of drug-likeness (QED) is 0.276. The van der Waals surface area contributed by atoms with Crippen molar-refractivity contribution in [3.63, 3.8) is 0 Å². The maximum Gasteiger partial charge on any atom is 0.280 e. The van der Waals surface area contributed by atoms with E-state index in [2.05, 4.69) is 15.1 Å². The number of rotatable bonds is 9. The zero-order valence-corrected chi connectivity index (χ0v) is 23.1. The van der Waals surface area contributed by atoms with Crippen LogP contribution in [0.5, 0.6) is 11.5 Å². The predicted molar refractivity (Wildman–Crippen MR) is 147 cm³/mol. The number of nitro benzene ring substituents is 1. The molecule has 37 heavy (non-hydrogen) atoms. The topological polar surface area (TPSA) is 96.8 Å². The second kappa shape index (κ2) is 11.2. The van der Waals surface area contributed by atoms with E-state index in [0.717, 1.165) is 42.0 Å². The third-order valence-corrected chi connectivity index (χ3v) is 7.70. The van der Waals surface area contributed by atoms with Gasteiger partial charge < -0.3 is 19.3 Å². The van der Waals surface area contributed by atoms with Gasteiger partial charge in [-0.05, 0) is 51.4 Å². The Morgan fingerprint density at radius 3 is 2.38 bits per heavy atom. The van der Waals surface area contributed by atoms with Crippen LogP contribution in [-0.4, -0.2) is 68.5 Å². The molecular formula is C26H31Cl2N5O4. The molecule has 1 heterocycles. The molecule has 0 aliphatic heterocycles. The third-order valence-electron chi connectivity index (χ3n) is 6.92. The summed E-state index contributed by atoms with van der Waals surface area (Å²) in [6, 6.07) is 7.01. The Bertz CT molecular complexity index is 1280. The molecule has 1 atom stereocenters. The zero-order valence-electron chi connectivity index (χ0n) is 21.6. The van der Waals surface area contributed by atoms with Gasteiger partial charge in [0.25, 0.3) is 5.69 Å². The predicted octanol–water partition coefficient (Wildman–Crippen LogP) is 5.58. The number of ether oxygens (including phenoxy) is 2. The molecule has 1 aromatic heterocycles. The standard InChI is InChI=1S/C26H31Cl2N5O4/c1-31(2)10-11-32(3)16-7-9-18(20(13-16)33(34)35)26-17-8-6-15(12-19(17)29-30-26)23-24(27)21(36-4)14-22(37-5)25(23)28/h7,9,13-15H,6,8,10-12H2,1-5H3,(H,29,30). The van der Waals surface area contributed by atoms with E-state index < -0.39 is 0 Å². The van der Waals surface area contributed by atoms with Crippen LogP contribution in [0.4, 0.5) is 11.4 Å². The van der Waals surface area contributed by atoms with Gasteiger partial charge in [-0.15, -0.1) is 0 Å². The molecule has 0 saturated heterocycles. The van der Waals surface area contributed by atoms with E-state index in [1.165, 1.54) is 0 Å². The molecule has 0 amide bonds. The Balaban J connectivity index is 1.67. The Morgan fingerprint density at radius 1 is 1.11 bits per heavy atom. The largest absolute Gasteiger partial charge is 0.495 e. The first-order chi connectivity index (χ1) is 17.7. The molecule has 1 N–H and O–H groups in total. The number of nitro groups is 1. The first kappa shape index (κ1) is 27.0. The lowest BCUT2D eigenvalue weighted by atomic mass is 9.81. The molecule has 1 aliphatic carbocycles. The van der Waals surface area contributed by atoms with Crippen LogP contribution in [0.3, 0.4) is 0 Å². The Hall–Kier alpha value is -3.01. The second-order valence-corrected chi connectivity index (χ2v) is 10.2. The molecule has 0 saturated carbocycles. The van der Waals surface area contributed by atoms with Crippen molar-refractivity contribution in [3.8, 4) is 22.8 Å². The van der Waals surface area contributed by atoms with Crippen molar-refractivity contribution in [3.05, 3.63) is 61.2 Å². The first-order valence-corrected chi connectivity index (χ1v) is 12.7. The minimum absolute atomic E-state index is 0.00695. The molecular weight excluding hydrogens is 517 g/mol. The number of benzene rings is 2. The van der Waals surface area contributed by atoms with Gasteiger partial charge in [-0.1, -0.05) is 23.2 Å². The minimum Gasteiger partial charge on any atom is -0.495 e. The number of hydrogen-bond donors (Lipinski definition) is 1. The van der Waals surface area contributed by atoms with Crippen LogP contribution in [0.15, 0.2) is 24.3 Å². The van der Waals surface area contributed by atoms with Crippen molar-refractivity contribution in [1.82, 2.24) is 15.1 Å². The fraction of sp³-hybridized carbons (Fsp3) is 0.423. The Morgan fingerprint density at radius 2 is 1.78 bits per heavy atom. The van der Waals surface area contributed by atoms with E-state index in [4.69, 9.17) is 32.7 Å². The zero-order chi connectivity index (χ0) is 26.9. The van der Waals surface area contributed by atoms with E-state index in [9.17, 15) is 10.1 Å². The summed E-state index contributed by atoms with van der Waals surface area (Å²) in [4.78, 5) is 15.8. The van der Waals surface area contributed by atoms with Crippen LogP contribution in [0, 0.1) is 10.1 Å². The molecule has 0 spiro atoms. The number of fused-ring (bicyclic) bond motifs is 1. The van der Waals surface area contributed by atoms with E-state index in [0.29, 0.717) is 45.6 Å². The van der Waals surface area contributed by atoms with Crippen LogP contribution >= 0.6 is 23.2 Å². The summed E-state index contributed by atoms with van der Waals surface area (Å²) in [5.41, 5.74) is 4.62. The summed E-state index contributed by atoms with van der Waals surface area (Å²) in [5.74, 6) is 1.01. The fourth-order valence-corrected chi connectivity index (χ4v) is 5.64. The van der Waals surface area contributed by atoms with E-state index in [1.54, 1.807) is 32.4 Å². The van der Waals surface area contributed by atoms with Gasteiger partial charge in [0.15, 0.2) is 0 Å². The molecule has 9 nitrogen and oxygen atoms in total. The van der Waals surface area contributed by atoms with Crippen molar-refractivity contribution in [2.75, 3.05) is 53.4 Å². The Kier molecular flexibility index (Phi) is 8.16. The van der Waals surface area contributed by atoms with E-state index in [-0.39, 0.29) is 16.5 Å². The molecule has 3 aromatic rings. The molecule has 0 bridgehead atoms. The average Bonchev–Trinajstić information content (AvgIpc) is 3.30. The minimum atomic E-state index is -0.340. The summed E-state index contributed by atoms with van der Waals surface area (Å²) < 4.78 is 10.9. The maximum absolute atomic E-state index is 12.0.